The van der Waals surface area contributed by atoms with Crippen LogP contribution < -0.4 is 5.32 Å². The standard InChI is InChI=1S/C21H22BrN3O2/c22-18-8-9-19(23-12-18)24-20(26)17-5-2-10-25(13-17)21(27)16-7-6-14-3-1-4-15(14)11-16/h6-9,11-12,17H,1-5,10,13H2,(H,23,24,26). The third-order valence-corrected chi connectivity index (χ3v) is 5.87. The number of carbonyl (C=O) groups excluding carboxylic acids is 2. The van der Waals surface area contributed by atoms with Gasteiger partial charge in [-0.25, -0.2) is 4.98 Å². The van der Waals surface area contributed by atoms with Crippen LogP contribution in [0.4, 0.5) is 5.82 Å². The summed E-state index contributed by atoms with van der Waals surface area (Å²) in [5.74, 6) is 0.285. The number of anilines is 1. The number of piperidine rings is 1. The molecule has 1 N–H and O–H groups in total. The van der Waals surface area contributed by atoms with E-state index in [1.54, 1.807) is 12.3 Å². The van der Waals surface area contributed by atoms with Gasteiger partial charge in [-0.2, -0.15) is 0 Å². The summed E-state index contributed by atoms with van der Waals surface area (Å²) in [7, 11) is 0. The maximum absolute atomic E-state index is 12.9. The summed E-state index contributed by atoms with van der Waals surface area (Å²) in [5, 5.41) is 2.86. The Morgan fingerprint density at radius 1 is 1.11 bits per heavy atom. The minimum Gasteiger partial charge on any atom is -0.338 e. The molecule has 1 aliphatic heterocycles. The van der Waals surface area contributed by atoms with Gasteiger partial charge >= 0.3 is 0 Å². The summed E-state index contributed by atoms with van der Waals surface area (Å²) < 4.78 is 0.865. The lowest BCUT2D eigenvalue weighted by atomic mass is 9.96. The number of fused-ring (bicyclic) bond motifs is 1. The number of amides is 2. The maximum Gasteiger partial charge on any atom is 0.253 e. The zero-order chi connectivity index (χ0) is 18.8. The molecule has 5 nitrogen and oxygen atoms in total. The van der Waals surface area contributed by atoms with Gasteiger partial charge in [0, 0.05) is 29.3 Å². The maximum atomic E-state index is 12.9. The van der Waals surface area contributed by atoms with Gasteiger partial charge < -0.3 is 10.2 Å². The quantitative estimate of drug-likeness (QED) is 0.809. The van der Waals surface area contributed by atoms with Crippen molar-refractivity contribution in [3.63, 3.8) is 0 Å². The second-order valence-electron chi connectivity index (χ2n) is 7.28. The van der Waals surface area contributed by atoms with Crippen molar-refractivity contribution >= 4 is 33.6 Å². The number of nitrogens with zero attached hydrogens (tertiary/aromatic N) is 2. The molecule has 1 atom stereocenters. The minimum atomic E-state index is -0.206. The lowest BCUT2D eigenvalue weighted by Gasteiger charge is -2.32. The monoisotopic (exact) mass is 427 g/mol. The molecule has 1 saturated heterocycles. The highest BCUT2D eigenvalue weighted by atomic mass is 79.9. The normalized spacial score (nSPS) is 18.9. The Morgan fingerprint density at radius 3 is 2.78 bits per heavy atom. The SMILES string of the molecule is O=C(Nc1ccc(Br)cn1)C1CCCN(C(=O)c2ccc3c(c2)CCC3)C1. The number of hydrogen-bond acceptors (Lipinski definition) is 3. The van der Waals surface area contributed by atoms with E-state index in [0.29, 0.717) is 18.9 Å². The molecular formula is C21H22BrN3O2. The number of nitrogens with one attached hydrogen (secondary N) is 1. The van der Waals surface area contributed by atoms with Crippen LogP contribution in [-0.2, 0) is 17.6 Å². The number of aryl methyl sites for hydroxylation is 2. The van der Waals surface area contributed by atoms with Crippen molar-refractivity contribution < 1.29 is 9.59 Å². The van der Waals surface area contributed by atoms with E-state index in [9.17, 15) is 9.59 Å². The summed E-state index contributed by atoms with van der Waals surface area (Å²) in [6, 6.07) is 9.66. The van der Waals surface area contributed by atoms with E-state index in [0.717, 1.165) is 35.7 Å². The molecule has 0 radical (unpaired) electrons. The van der Waals surface area contributed by atoms with Gasteiger partial charge in [-0.3, -0.25) is 9.59 Å². The average Bonchev–Trinajstić information content (AvgIpc) is 3.17. The number of hydrogen-bond donors (Lipinski definition) is 1. The average molecular weight is 428 g/mol. The predicted octanol–water partition coefficient (Wildman–Crippen LogP) is 3.82. The van der Waals surface area contributed by atoms with Crippen LogP contribution in [0.5, 0.6) is 0 Å². The molecule has 1 aromatic carbocycles. The van der Waals surface area contributed by atoms with Crippen molar-refractivity contribution in [2.75, 3.05) is 18.4 Å². The fourth-order valence-electron chi connectivity index (χ4n) is 3.94. The van der Waals surface area contributed by atoms with Gasteiger partial charge in [-0.1, -0.05) is 6.07 Å². The van der Waals surface area contributed by atoms with Crippen molar-refractivity contribution in [3.8, 4) is 0 Å². The van der Waals surface area contributed by atoms with E-state index in [1.807, 2.05) is 23.1 Å². The van der Waals surface area contributed by atoms with Crippen LogP contribution in [0.25, 0.3) is 0 Å². The zero-order valence-corrected chi connectivity index (χ0v) is 16.7. The van der Waals surface area contributed by atoms with E-state index in [-0.39, 0.29) is 17.7 Å². The number of halogens is 1. The van der Waals surface area contributed by atoms with Crippen molar-refractivity contribution in [3.05, 3.63) is 57.7 Å². The summed E-state index contributed by atoms with van der Waals surface area (Å²) in [4.78, 5) is 31.6. The minimum absolute atomic E-state index is 0.0315. The Kier molecular flexibility index (Phi) is 5.25. The molecule has 0 spiro atoms. The number of rotatable bonds is 3. The van der Waals surface area contributed by atoms with Gasteiger partial charge in [0.2, 0.25) is 5.91 Å². The van der Waals surface area contributed by atoms with Gasteiger partial charge in [0.25, 0.3) is 5.91 Å². The van der Waals surface area contributed by atoms with Crippen molar-refractivity contribution in [2.24, 2.45) is 5.92 Å². The van der Waals surface area contributed by atoms with E-state index in [2.05, 4.69) is 32.3 Å². The summed E-state index contributed by atoms with van der Waals surface area (Å²) in [6.07, 6.45) is 6.61. The lowest BCUT2D eigenvalue weighted by molar-refractivity contribution is -0.121. The highest BCUT2D eigenvalue weighted by Crippen LogP contribution is 2.25. The molecule has 4 rings (SSSR count). The Hall–Kier alpha value is -2.21. The molecule has 1 aromatic heterocycles. The highest BCUT2D eigenvalue weighted by Gasteiger charge is 2.29. The summed E-state index contributed by atoms with van der Waals surface area (Å²) >= 11 is 3.33. The molecule has 0 bridgehead atoms. The first-order chi connectivity index (χ1) is 13.1. The molecule has 1 unspecified atom stereocenters. The zero-order valence-electron chi connectivity index (χ0n) is 15.1. The second-order valence-corrected chi connectivity index (χ2v) is 8.19. The largest absolute Gasteiger partial charge is 0.338 e. The molecule has 6 heteroatoms. The van der Waals surface area contributed by atoms with Crippen LogP contribution in [0.2, 0.25) is 0 Å². The molecule has 1 fully saturated rings. The Morgan fingerprint density at radius 2 is 1.96 bits per heavy atom. The van der Waals surface area contributed by atoms with Crippen molar-refractivity contribution in [1.29, 1.82) is 0 Å². The third-order valence-electron chi connectivity index (χ3n) is 5.40. The van der Waals surface area contributed by atoms with E-state index >= 15 is 0 Å². The first kappa shape index (κ1) is 18.2. The Bertz CT molecular complexity index is 866. The first-order valence-corrected chi connectivity index (χ1v) is 10.2. The van der Waals surface area contributed by atoms with Crippen LogP contribution in [-0.4, -0.2) is 34.8 Å². The van der Waals surface area contributed by atoms with Crippen LogP contribution in [0.15, 0.2) is 41.0 Å². The van der Waals surface area contributed by atoms with Gasteiger partial charge in [0.1, 0.15) is 5.82 Å². The number of pyridine rings is 1. The Balaban J connectivity index is 1.42. The molecule has 2 amide bonds. The van der Waals surface area contributed by atoms with Crippen LogP contribution >= 0.6 is 15.9 Å². The number of carbonyl (C=O) groups is 2. The van der Waals surface area contributed by atoms with Crippen LogP contribution in [0.3, 0.4) is 0 Å². The number of aromatic nitrogens is 1. The number of likely N-dealkylation sites (tertiary alicyclic amines) is 1. The third kappa shape index (κ3) is 4.05. The van der Waals surface area contributed by atoms with E-state index in [1.165, 1.54) is 17.5 Å². The predicted molar refractivity (Wildman–Crippen MR) is 108 cm³/mol. The second kappa shape index (κ2) is 7.80. The van der Waals surface area contributed by atoms with Gasteiger partial charge in [0.05, 0.1) is 5.92 Å². The van der Waals surface area contributed by atoms with Crippen LogP contribution in [0.1, 0.15) is 40.7 Å². The van der Waals surface area contributed by atoms with Gasteiger partial charge in [-0.15, -0.1) is 0 Å². The molecular weight excluding hydrogens is 406 g/mol. The fraction of sp³-hybridized carbons (Fsp3) is 0.381. The smallest absolute Gasteiger partial charge is 0.253 e. The molecule has 1 aliphatic carbocycles. The van der Waals surface area contributed by atoms with Gasteiger partial charge in [0.15, 0.2) is 0 Å². The van der Waals surface area contributed by atoms with E-state index < -0.39 is 0 Å². The molecule has 2 aliphatic rings. The summed E-state index contributed by atoms with van der Waals surface area (Å²) in [5.41, 5.74) is 3.41. The fourth-order valence-corrected chi connectivity index (χ4v) is 4.18. The topological polar surface area (TPSA) is 62.3 Å². The highest BCUT2D eigenvalue weighted by molar-refractivity contribution is 9.10. The van der Waals surface area contributed by atoms with Gasteiger partial charge in [-0.05, 0) is 83.4 Å². The molecule has 27 heavy (non-hydrogen) atoms. The molecule has 0 saturated carbocycles. The van der Waals surface area contributed by atoms with Crippen LogP contribution in [0, 0.1) is 5.92 Å². The van der Waals surface area contributed by atoms with Crippen molar-refractivity contribution in [1.82, 2.24) is 9.88 Å². The Labute approximate surface area is 167 Å². The summed E-state index contributed by atoms with van der Waals surface area (Å²) in [6.45, 7) is 1.16. The molecule has 140 valence electrons. The number of benzene rings is 1. The first-order valence-electron chi connectivity index (χ1n) is 9.43. The lowest BCUT2D eigenvalue weighted by Crippen LogP contribution is -2.43. The van der Waals surface area contributed by atoms with Crippen molar-refractivity contribution in [2.45, 2.75) is 32.1 Å². The molecule has 2 heterocycles. The molecule has 2 aromatic rings. The van der Waals surface area contributed by atoms with E-state index in [4.69, 9.17) is 0 Å².